The Morgan fingerprint density at radius 3 is 2.74 bits per heavy atom. The van der Waals surface area contributed by atoms with Crippen LogP contribution in [0.3, 0.4) is 0 Å². The van der Waals surface area contributed by atoms with Crippen LogP contribution in [0.25, 0.3) is 0 Å². The van der Waals surface area contributed by atoms with E-state index < -0.39 is 0 Å². The van der Waals surface area contributed by atoms with E-state index in [0.29, 0.717) is 18.2 Å². The van der Waals surface area contributed by atoms with Crippen LogP contribution in [0.2, 0.25) is 0 Å². The van der Waals surface area contributed by atoms with Gasteiger partial charge in [0.25, 0.3) is 5.91 Å². The Hall–Kier alpha value is -0.940. The maximum Gasteiger partial charge on any atom is 0.270 e. The van der Waals surface area contributed by atoms with Crippen LogP contribution in [0.4, 0.5) is 0 Å². The Bertz CT molecular complexity index is 411. The van der Waals surface area contributed by atoms with Crippen LogP contribution in [-0.4, -0.2) is 16.9 Å². The summed E-state index contributed by atoms with van der Waals surface area (Å²) in [6.07, 6.45) is 7.71. The van der Waals surface area contributed by atoms with Crippen molar-refractivity contribution in [1.29, 1.82) is 0 Å². The molecule has 1 aromatic heterocycles. The lowest BCUT2D eigenvalue weighted by atomic mass is 9.93. The van der Waals surface area contributed by atoms with E-state index in [1.165, 1.54) is 49.9 Å². The zero-order chi connectivity index (χ0) is 13.7. The molecule has 1 aromatic rings. The fraction of sp³-hybridized carbons (Fsp3) is 0.714. The van der Waals surface area contributed by atoms with Gasteiger partial charge in [0.05, 0.1) is 0 Å². The molecule has 5 heteroatoms. The first kappa shape index (κ1) is 14.5. The highest BCUT2D eigenvalue weighted by molar-refractivity contribution is 7.09. The molecule has 0 spiro atoms. The molecule has 2 rings (SSSR count). The van der Waals surface area contributed by atoms with E-state index in [-0.39, 0.29) is 11.9 Å². The molecule has 0 aromatic carbocycles. The highest BCUT2D eigenvalue weighted by Crippen LogP contribution is 2.25. The number of aromatic nitrogens is 1. The van der Waals surface area contributed by atoms with Crippen LogP contribution in [0.1, 0.15) is 60.9 Å². The minimum atomic E-state index is -0.0623. The maximum absolute atomic E-state index is 12.1. The van der Waals surface area contributed by atoms with E-state index >= 15 is 0 Å². The number of nitrogens with one attached hydrogen (secondary N) is 1. The fourth-order valence-electron chi connectivity index (χ4n) is 2.72. The SMILES string of the molecule is C[C@H](NC(=O)c1csc(CN)n1)C1CCCCCC1. The predicted molar refractivity (Wildman–Crippen MR) is 78.1 cm³/mol. The smallest absolute Gasteiger partial charge is 0.270 e. The standard InChI is InChI=1S/C14H23N3OS/c1-10(11-6-4-2-3-5-7-11)16-14(18)12-9-19-13(8-15)17-12/h9-11H,2-8,15H2,1H3,(H,16,18)/t10-/m0/s1. The van der Waals surface area contributed by atoms with E-state index in [9.17, 15) is 4.79 Å². The van der Waals surface area contributed by atoms with Crippen LogP contribution < -0.4 is 11.1 Å². The second kappa shape index (κ2) is 7.01. The van der Waals surface area contributed by atoms with E-state index in [2.05, 4.69) is 17.2 Å². The molecule has 4 nitrogen and oxygen atoms in total. The third-order valence-corrected chi connectivity index (χ3v) is 4.80. The minimum Gasteiger partial charge on any atom is -0.348 e. The minimum absolute atomic E-state index is 0.0623. The van der Waals surface area contributed by atoms with Crippen molar-refractivity contribution in [3.05, 3.63) is 16.1 Å². The molecule has 0 unspecified atom stereocenters. The summed E-state index contributed by atoms with van der Waals surface area (Å²) in [7, 11) is 0. The van der Waals surface area contributed by atoms with Gasteiger partial charge >= 0.3 is 0 Å². The topological polar surface area (TPSA) is 68.0 Å². The van der Waals surface area contributed by atoms with Gasteiger partial charge in [0.1, 0.15) is 10.7 Å². The summed E-state index contributed by atoms with van der Waals surface area (Å²) in [6, 6.07) is 0.230. The van der Waals surface area contributed by atoms with Crippen molar-refractivity contribution in [1.82, 2.24) is 10.3 Å². The summed E-state index contributed by atoms with van der Waals surface area (Å²) in [5.41, 5.74) is 6.02. The predicted octanol–water partition coefficient (Wildman–Crippen LogP) is 2.69. The maximum atomic E-state index is 12.1. The first-order valence-corrected chi connectivity index (χ1v) is 8.04. The van der Waals surface area contributed by atoms with E-state index in [0.717, 1.165) is 5.01 Å². The van der Waals surface area contributed by atoms with E-state index in [1.807, 2.05) is 0 Å². The van der Waals surface area contributed by atoms with E-state index in [4.69, 9.17) is 5.73 Å². The quantitative estimate of drug-likeness (QED) is 0.834. The number of hydrogen-bond donors (Lipinski definition) is 2. The van der Waals surface area contributed by atoms with Gasteiger partial charge < -0.3 is 11.1 Å². The second-order valence-electron chi connectivity index (χ2n) is 5.34. The summed E-state index contributed by atoms with van der Waals surface area (Å²) < 4.78 is 0. The number of carbonyl (C=O) groups excluding carboxylic acids is 1. The Balaban J connectivity index is 1.90. The average Bonchev–Trinajstić information content (AvgIpc) is 2.73. The summed E-state index contributed by atoms with van der Waals surface area (Å²) in [5, 5.41) is 5.70. The molecule has 1 atom stereocenters. The van der Waals surface area contributed by atoms with Gasteiger partial charge in [-0.05, 0) is 25.7 Å². The Kier molecular flexibility index (Phi) is 5.34. The first-order chi connectivity index (χ1) is 9.20. The largest absolute Gasteiger partial charge is 0.348 e. The molecule has 19 heavy (non-hydrogen) atoms. The lowest BCUT2D eigenvalue weighted by Crippen LogP contribution is -2.38. The molecule has 1 heterocycles. The summed E-state index contributed by atoms with van der Waals surface area (Å²) >= 11 is 1.45. The van der Waals surface area contributed by atoms with Crippen LogP contribution in [0.5, 0.6) is 0 Å². The number of thiazole rings is 1. The third-order valence-electron chi connectivity index (χ3n) is 3.92. The summed E-state index contributed by atoms with van der Waals surface area (Å²) in [5.74, 6) is 0.548. The van der Waals surface area contributed by atoms with E-state index in [1.54, 1.807) is 5.38 Å². The first-order valence-electron chi connectivity index (χ1n) is 7.16. The molecule has 1 saturated carbocycles. The van der Waals surface area contributed by atoms with Gasteiger partial charge in [-0.3, -0.25) is 4.79 Å². The van der Waals surface area contributed by atoms with Crippen LogP contribution in [-0.2, 0) is 6.54 Å². The van der Waals surface area contributed by atoms with Gasteiger partial charge in [-0.1, -0.05) is 25.7 Å². The number of nitrogens with zero attached hydrogens (tertiary/aromatic N) is 1. The normalized spacial score (nSPS) is 18.8. The van der Waals surface area contributed by atoms with Crippen LogP contribution in [0, 0.1) is 5.92 Å². The number of nitrogens with two attached hydrogens (primary N) is 1. The number of hydrogen-bond acceptors (Lipinski definition) is 4. The number of rotatable bonds is 4. The van der Waals surface area contributed by atoms with Crippen LogP contribution >= 0.6 is 11.3 Å². The molecular weight excluding hydrogens is 258 g/mol. The molecule has 0 radical (unpaired) electrons. The van der Waals surface area contributed by atoms with Gasteiger partial charge in [0, 0.05) is 18.0 Å². The molecular formula is C14H23N3OS. The average molecular weight is 281 g/mol. The lowest BCUT2D eigenvalue weighted by molar-refractivity contribution is 0.0919. The number of carbonyl (C=O) groups is 1. The Morgan fingerprint density at radius 2 is 2.16 bits per heavy atom. The zero-order valence-corrected chi connectivity index (χ0v) is 12.3. The summed E-state index contributed by atoms with van der Waals surface area (Å²) in [6.45, 7) is 2.51. The Morgan fingerprint density at radius 1 is 1.47 bits per heavy atom. The molecule has 0 saturated heterocycles. The molecule has 3 N–H and O–H groups in total. The zero-order valence-electron chi connectivity index (χ0n) is 11.5. The van der Waals surface area contributed by atoms with Crippen molar-refractivity contribution in [3.63, 3.8) is 0 Å². The highest BCUT2D eigenvalue weighted by atomic mass is 32.1. The van der Waals surface area contributed by atoms with Crippen molar-refractivity contribution in [2.24, 2.45) is 11.7 Å². The van der Waals surface area contributed by atoms with Crippen LogP contribution in [0.15, 0.2) is 5.38 Å². The fourth-order valence-corrected chi connectivity index (χ4v) is 3.37. The summed E-state index contributed by atoms with van der Waals surface area (Å²) in [4.78, 5) is 16.3. The molecule has 0 aliphatic heterocycles. The van der Waals surface area contributed by atoms with Crippen molar-refractivity contribution in [2.45, 2.75) is 58.0 Å². The van der Waals surface area contributed by atoms with Crippen molar-refractivity contribution < 1.29 is 4.79 Å². The molecule has 106 valence electrons. The molecule has 1 aliphatic rings. The van der Waals surface area contributed by atoms with Gasteiger partial charge in [-0.2, -0.15) is 0 Å². The monoisotopic (exact) mass is 281 g/mol. The van der Waals surface area contributed by atoms with Crippen molar-refractivity contribution in [2.75, 3.05) is 0 Å². The molecule has 1 aliphatic carbocycles. The van der Waals surface area contributed by atoms with Gasteiger partial charge in [0.15, 0.2) is 0 Å². The molecule has 0 bridgehead atoms. The highest BCUT2D eigenvalue weighted by Gasteiger charge is 2.21. The van der Waals surface area contributed by atoms with Gasteiger partial charge in [-0.15, -0.1) is 11.3 Å². The molecule has 1 amide bonds. The van der Waals surface area contributed by atoms with Crippen molar-refractivity contribution in [3.8, 4) is 0 Å². The molecule has 1 fully saturated rings. The van der Waals surface area contributed by atoms with Gasteiger partial charge in [0.2, 0.25) is 0 Å². The number of amides is 1. The second-order valence-corrected chi connectivity index (χ2v) is 6.29. The van der Waals surface area contributed by atoms with Gasteiger partial charge in [-0.25, -0.2) is 4.98 Å². The third kappa shape index (κ3) is 4.01. The van der Waals surface area contributed by atoms with Crippen molar-refractivity contribution >= 4 is 17.2 Å². The Labute approximate surface area is 118 Å². The lowest BCUT2D eigenvalue weighted by Gasteiger charge is -2.23.